The van der Waals surface area contributed by atoms with Crippen molar-refractivity contribution in [3.05, 3.63) is 0 Å². The summed E-state index contributed by atoms with van der Waals surface area (Å²) in [6.45, 7) is 4.38. The van der Waals surface area contributed by atoms with E-state index in [0.717, 1.165) is 44.1 Å². The minimum Gasteiger partial charge on any atom is -0.367 e. The number of fused-ring (bicyclic) bond motifs is 2. The van der Waals surface area contributed by atoms with Crippen LogP contribution in [0.25, 0.3) is 0 Å². The molecule has 208 valence electrons. The molecule has 2 N–H and O–H groups in total. The fourth-order valence-electron chi connectivity index (χ4n) is 8.78. The van der Waals surface area contributed by atoms with Crippen LogP contribution in [0.1, 0.15) is 83.5 Å². The topological polar surface area (TPSA) is 77.4 Å². The summed E-state index contributed by atoms with van der Waals surface area (Å²) in [6, 6.07) is 1.57. The molecule has 0 aromatic carbocycles. The molecule has 3 saturated carbocycles. The number of likely N-dealkylation sites (tertiary alicyclic amines) is 1. The van der Waals surface area contributed by atoms with E-state index < -0.39 is 18.3 Å². The Kier molecular flexibility index (Phi) is 9.09. The van der Waals surface area contributed by atoms with Gasteiger partial charge in [-0.25, -0.2) is 4.39 Å². The SMILES string of the molecule is CN1CCC2(CCC3CCC(C4CCC(CC(C#N)NC(=O)C5CNCCCCO5)C(F)C4)CC32)CC1. The van der Waals surface area contributed by atoms with Crippen LogP contribution in [0, 0.1) is 46.3 Å². The summed E-state index contributed by atoms with van der Waals surface area (Å²) in [6.07, 6.45) is 13.0. The van der Waals surface area contributed by atoms with Gasteiger partial charge in [-0.15, -0.1) is 0 Å². The Morgan fingerprint density at radius 3 is 2.65 bits per heavy atom. The molecule has 6 nitrogen and oxygen atoms in total. The standard InChI is InChI=1S/C30H49FN4O2/c1-35-13-10-30(11-14-35)9-8-21-4-5-22(17-26(21)30)23-6-7-24(27(31)18-23)16-25(19-32)34-29(36)28-20-33-12-2-3-15-37-28/h21-28,33H,2-18,20H2,1H3,(H,34,36). The van der Waals surface area contributed by atoms with E-state index in [1.165, 1.54) is 58.0 Å². The molecule has 5 aliphatic rings. The number of rotatable bonds is 5. The number of amides is 1. The highest BCUT2D eigenvalue weighted by atomic mass is 19.1. The highest BCUT2D eigenvalue weighted by Gasteiger charge is 2.52. The molecule has 8 atom stereocenters. The van der Waals surface area contributed by atoms with Crippen molar-refractivity contribution < 1.29 is 13.9 Å². The van der Waals surface area contributed by atoms with Crippen molar-refractivity contribution in [2.24, 2.45) is 35.0 Å². The first-order valence-corrected chi connectivity index (χ1v) is 15.3. The van der Waals surface area contributed by atoms with E-state index in [1.54, 1.807) is 0 Å². The third kappa shape index (κ3) is 6.34. The van der Waals surface area contributed by atoms with Crippen LogP contribution in [-0.4, -0.2) is 69.0 Å². The van der Waals surface area contributed by atoms with E-state index in [-0.39, 0.29) is 11.8 Å². The van der Waals surface area contributed by atoms with Crippen molar-refractivity contribution >= 4 is 5.91 Å². The molecule has 1 amide bonds. The minimum atomic E-state index is -0.871. The van der Waals surface area contributed by atoms with Crippen LogP contribution < -0.4 is 10.6 Å². The van der Waals surface area contributed by atoms with Gasteiger partial charge >= 0.3 is 0 Å². The molecule has 0 aromatic rings. The number of nitrogens with one attached hydrogen (secondary N) is 2. The number of alkyl halides is 1. The Hall–Kier alpha value is -1.23. The molecule has 5 rings (SSSR count). The smallest absolute Gasteiger partial charge is 0.251 e. The van der Waals surface area contributed by atoms with Gasteiger partial charge in [0.2, 0.25) is 0 Å². The van der Waals surface area contributed by atoms with Gasteiger partial charge in [0.1, 0.15) is 18.3 Å². The van der Waals surface area contributed by atoms with Crippen LogP contribution in [0.4, 0.5) is 4.39 Å². The predicted octanol–water partition coefficient (Wildman–Crippen LogP) is 4.45. The van der Waals surface area contributed by atoms with Gasteiger partial charge in [-0.2, -0.15) is 5.26 Å². The van der Waals surface area contributed by atoms with Gasteiger partial charge in [-0.05, 0) is 145 Å². The average Bonchev–Trinajstić information content (AvgIpc) is 3.23. The number of piperidine rings is 1. The first-order chi connectivity index (χ1) is 18.0. The summed E-state index contributed by atoms with van der Waals surface area (Å²) in [5.74, 6) is 2.54. The van der Waals surface area contributed by atoms with Gasteiger partial charge in [-0.1, -0.05) is 0 Å². The Morgan fingerprint density at radius 1 is 1.11 bits per heavy atom. The van der Waals surface area contributed by atoms with Crippen LogP contribution in [0.15, 0.2) is 0 Å². The monoisotopic (exact) mass is 516 g/mol. The Bertz CT molecular complexity index is 802. The lowest BCUT2D eigenvalue weighted by Gasteiger charge is -2.48. The van der Waals surface area contributed by atoms with Crippen molar-refractivity contribution in [2.45, 2.75) is 102 Å². The summed E-state index contributed by atoms with van der Waals surface area (Å²) >= 11 is 0. The molecule has 0 bridgehead atoms. The lowest BCUT2D eigenvalue weighted by molar-refractivity contribution is -0.133. The zero-order valence-electron chi connectivity index (χ0n) is 22.9. The third-order valence-electron chi connectivity index (χ3n) is 11.1. The van der Waals surface area contributed by atoms with Crippen LogP contribution in [0.5, 0.6) is 0 Å². The molecule has 3 aliphatic carbocycles. The Labute approximate surface area is 223 Å². The molecule has 2 heterocycles. The molecule has 2 aliphatic heterocycles. The Morgan fingerprint density at radius 2 is 1.86 bits per heavy atom. The normalized spacial score (nSPS) is 39.6. The average molecular weight is 517 g/mol. The molecule has 8 unspecified atom stereocenters. The fraction of sp³-hybridized carbons (Fsp3) is 0.933. The lowest BCUT2D eigenvalue weighted by atomic mass is 9.59. The third-order valence-corrected chi connectivity index (χ3v) is 11.1. The number of hydrogen-bond acceptors (Lipinski definition) is 5. The molecule has 5 fully saturated rings. The molecule has 0 radical (unpaired) electrons. The molecule has 0 aromatic heterocycles. The van der Waals surface area contributed by atoms with E-state index >= 15 is 4.39 Å². The number of halogens is 1. The van der Waals surface area contributed by atoms with Crippen LogP contribution in [0.2, 0.25) is 0 Å². The summed E-state index contributed by atoms with van der Waals surface area (Å²) in [5, 5.41) is 15.8. The second kappa shape index (κ2) is 12.3. The summed E-state index contributed by atoms with van der Waals surface area (Å²) in [4.78, 5) is 15.2. The van der Waals surface area contributed by atoms with Crippen molar-refractivity contribution in [2.75, 3.05) is 39.8 Å². The molecule has 7 heteroatoms. The number of nitriles is 1. The van der Waals surface area contributed by atoms with Crippen LogP contribution in [0.3, 0.4) is 0 Å². The van der Waals surface area contributed by atoms with E-state index in [4.69, 9.17) is 4.74 Å². The lowest BCUT2D eigenvalue weighted by Crippen LogP contribution is -2.48. The van der Waals surface area contributed by atoms with Gasteiger partial charge in [0.15, 0.2) is 0 Å². The van der Waals surface area contributed by atoms with Crippen molar-refractivity contribution in [3.63, 3.8) is 0 Å². The first-order valence-electron chi connectivity index (χ1n) is 15.3. The fourth-order valence-corrected chi connectivity index (χ4v) is 8.78. The number of carbonyl (C=O) groups excluding carboxylic acids is 1. The molecule has 1 spiro atoms. The number of carbonyl (C=O) groups is 1. The second-order valence-corrected chi connectivity index (χ2v) is 13.2. The van der Waals surface area contributed by atoms with Crippen LogP contribution >= 0.6 is 0 Å². The van der Waals surface area contributed by atoms with Gasteiger partial charge in [0.05, 0.1) is 6.07 Å². The maximum atomic E-state index is 15.5. The number of ether oxygens (including phenoxy) is 1. The minimum absolute atomic E-state index is 0.138. The molecule has 37 heavy (non-hydrogen) atoms. The summed E-state index contributed by atoms with van der Waals surface area (Å²) in [7, 11) is 2.26. The molecule has 2 saturated heterocycles. The largest absolute Gasteiger partial charge is 0.367 e. The number of hydrogen-bond donors (Lipinski definition) is 2. The van der Waals surface area contributed by atoms with E-state index in [9.17, 15) is 10.1 Å². The highest BCUT2D eigenvalue weighted by molar-refractivity contribution is 5.81. The van der Waals surface area contributed by atoms with Gasteiger partial charge < -0.3 is 20.3 Å². The number of nitrogens with zero attached hydrogens (tertiary/aromatic N) is 2. The van der Waals surface area contributed by atoms with Crippen molar-refractivity contribution in [3.8, 4) is 6.07 Å². The zero-order valence-corrected chi connectivity index (χ0v) is 22.9. The summed E-state index contributed by atoms with van der Waals surface area (Å²) in [5.41, 5.74) is 0.566. The maximum absolute atomic E-state index is 15.5. The van der Waals surface area contributed by atoms with Crippen molar-refractivity contribution in [1.82, 2.24) is 15.5 Å². The zero-order chi connectivity index (χ0) is 25.8. The highest BCUT2D eigenvalue weighted by Crippen LogP contribution is 2.60. The first kappa shape index (κ1) is 27.3. The van der Waals surface area contributed by atoms with E-state index in [0.29, 0.717) is 43.2 Å². The van der Waals surface area contributed by atoms with E-state index in [2.05, 4.69) is 28.7 Å². The molecular formula is C30H49FN4O2. The second-order valence-electron chi connectivity index (χ2n) is 13.2. The predicted molar refractivity (Wildman–Crippen MR) is 142 cm³/mol. The van der Waals surface area contributed by atoms with Gasteiger partial charge in [-0.3, -0.25) is 4.79 Å². The van der Waals surface area contributed by atoms with Gasteiger partial charge in [0.25, 0.3) is 5.91 Å². The van der Waals surface area contributed by atoms with Crippen molar-refractivity contribution in [1.29, 1.82) is 5.26 Å². The summed E-state index contributed by atoms with van der Waals surface area (Å²) < 4.78 is 21.2. The van der Waals surface area contributed by atoms with Gasteiger partial charge in [0, 0.05) is 13.2 Å². The maximum Gasteiger partial charge on any atom is 0.251 e. The van der Waals surface area contributed by atoms with E-state index in [1.807, 2.05) is 0 Å². The Balaban J connectivity index is 1.11. The quantitative estimate of drug-likeness (QED) is 0.565. The molecular weight excluding hydrogens is 467 g/mol. The van der Waals surface area contributed by atoms with Crippen LogP contribution in [-0.2, 0) is 9.53 Å².